The number of rotatable bonds is 8. The lowest BCUT2D eigenvalue weighted by atomic mass is 10.1. The number of unbranched alkanes of at least 4 members (excludes halogenated alkanes) is 1. The van der Waals surface area contributed by atoms with Gasteiger partial charge in [0.1, 0.15) is 0 Å². The van der Waals surface area contributed by atoms with Crippen LogP contribution in [0.1, 0.15) is 37.3 Å². The molecule has 1 aromatic carbocycles. The van der Waals surface area contributed by atoms with Gasteiger partial charge < -0.3 is 5.32 Å². The van der Waals surface area contributed by atoms with E-state index in [0.717, 1.165) is 31.6 Å². The maximum absolute atomic E-state index is 4.73. The van der Waals surface area contributed by atoms with E-state index in [-0.39, 0.29) is 0 Å². The summed E-state index contributed by atoms with van der Waals surface area (Å²) in [4.78, 5) is 4.73. The van der Waals surface area contributed by atoms with Gasteiger partial charge in [-0.15, -0.1) is 11.3 Å². The second-order valence-corrected chi connectivity index (χ2v) is 5.97. The highest BCUT2D eigenvalue weighted by atomic mass is 32.1. The fraction of sp³-hybridized carbons (Fsp3) is 0.471. The number of nitrogens with one attached hydrogen (secondary N) is 1. The van der Waals surface area contributed by atoms with E-state index in [1.54, 1.807) is 11.3 Å². The molecule has 0 atom stereocenters. The fourth-order valence-corrected chi connectivity index (χ4v) is 2.90. The monoisotopic (exact) mass is 288 g/mol. The second-order valence-electron chi connectivity index (χ2n) is 5.03. The Labute approximate surface area is 126 Å². The first kappa shape index (κ1) is 15.2. The highest BCUT2D eigenvalue weighted by Crippen LogP contribution is 2.22. The van der Waals surface area contributed by atoms with Crippen molar-refractivity contribution in [2.24, 2.45) is 0 Å². The van der Waals surface area contributed by atoms with Crippen LogP contribution in [0.5, 0.6) is 0 Å². The molecule has 0 aliphatic rings. The molecule has 0 saturated carbocycles. The minimum atomic E-state index is 1.03. The smallest absolute Gasteiger partial charge is 0.0945 e. The number of thiazole rings is 1. The van der Waals surface area contributed by atoms with Crippen molar-refractivity contribution >= 4 is 11.3 Å². The van der Waals surface area contributed by atoms with E-state index in [1.807, 2.05) is 0 Å². The van der Waals surface area contributed by atoms with Crippen LogP contribution in [0.25, 0.3) is 11.3 Å². The summed E-state index contributed by atoms with van der Waals surface area (Å²) in [5, 5.41) is 6.86. The molecular weight excluding hydrogens is 264 g/mol. The lowest BCUT2D eigenvalue weighted by Crippen LogP contribution is -2.18. The fourth-order valence-electron chi connectivity index (χ4n) is 2.09. The summed E-state index contributed by atoms with van der Waals surface area (Å²) in [7, 11) is 0. The van der Waals surface area contributed by atoms with Gasteiger partial charge in [0.15, 0.2) is 0 Å². The van der Waals surface area contributed by atoms with Crippen molar-refractivity contribution in [3.05, 3.63) is 40.2 Å². The lowest BCUT2D eigenvalue weighted by Gasteiger charge is -2.01. The van der Waals surface area contributed by atoms with Crippen molar-refractivity contribution in [3.63, 3.8) is 0 Å². The molecule has 2 rings (SSSR count). The predicted octanol–water partition coefficient (Wildman–Crippen LogP) is 4.30. The molecular formula is C17H24N2S. The molecule has 0 aliphatic heterocycles. The SMILES string of the molecule is CCCCNCCc1nc(-c2ccc(CC)cc2)cs1. The molecule has 0 saturated heterocycles. The molecule has 2 nitrogen and oxygen atoms in total. The normalized spacial score (nSPS) is 10.9. The minimum absolute atomic E-state index is 1.03. The Hall–Kier alpha value is -1.19. The van der Waals surface area contributed by atoms with Crippen molar-refractivity contribution in [1.82, 2.24) is 10.3 Å². The molecule has 0 bridgehead atoms. The van der Waals surface area contributed by atoms with E-state index < -0.39 is 0 Å². The van der Waals surface area contributed by atoms with E-state index in [2.05, 4.69) is 48.8 Å². The van der Waals surface area contributed by atoms with E-state index in [9.17, 15) is 0 Å². The topological polar surface area (TPSA) is 24.9 Å². The molecule has 0 fully saturated rings. The quantitative estimate of drug-likeness (QED) is 0.732. The highest BCUT2D eigenvalue weighted by molar-refractivity contribution is 7.09. The van der Waals surface area contributed by atoms with Crippen LogP contribution in [0.2, 0.25) is 0 Å². The number of aryl methyl sites for hydroxylation is 1. The summed E-state index contributed by atoms with van der Waals surface area (Å²) in [6, 6.07) is 8.75. The number of hydrogen-bond donors (Lipinski definition) is 1. The molecule has 0 aliphatic carbocycles. The maximum atomic E-state index is 4.73. The minimum Gasteiger partial charge on any atom is -0.316 e. The first-order valence-corrected chi connectivity index (χ1v) is 8.46. The largest absolute Gasteiger partial charge is 0.316 e. The average molecular weight is 288 g/mol. The Morgan fingerprint density at radius 2 is 1.90 bits per heavy atom. The van der Waals surface area contributed by atoms with Crippen molar-refractivity contribution in [2.75, 3.05) is 13.1 Å². The molecule has 0 radical (unpaired) electrons. The second kappa shape index (κ2) is 8.18. The Morgan fingerprint density at radius 3 is 2.60 bits per heavy atom. The van der Waals surface area contributed by atoms with Crippen LogP contribution in [0, 0.1) is 0 Å². The molecule has 0 spiro atoms. The number of nitrogens with zero attached hydrogens (tertiary/aromatic N) is 1. The van der Waals surface area contributed by atoms with Gasteiger partial charge in [-0.1, -0.05) is 44.5 Å². The van der Waals surface area contributed by atoms with Gasteiger partial charge in [-0.25, -0.2) is 4.98 Å². The van der Waals surface area contributed by atoms with Gasteiger partial charge in [-0.05, 0) is 24.9 Å². The summed E-state index contributed by atoms with van der Waals surface area (Å²) < 4.78 is 0. The third kappa shape index (κ3) is 4.43. The summed E-state index contributed by atoms with van der Waals surface area (Å²) in [5.41, 5.74) is 3.72. The van der Waals surface area contributed by atoms with Crippen molar-refractivity contribution in [1.29, 1.82) is 0 Å². The van der Waals surface area contributed by atoms with Crippen LogP contribution in [-0.4, -0.2) is 18.1 Å². The van der Waals surface area contributed by atoms with Crippen molar-refractivity contribution < 1.29 is 0 Å². The molecule has 0 unspecified atom stereocenters. The zero-order chi connectivity index (χ0) is 14.2. The van der Waals surface area contributed by atoms with Gasteiger partial charge in [-0.3, -0.25) is 0 Å². The lowest BCUT2D eigenvalue weighted by molar-refractivity contribution is 0.639. The third-order valence-electron chi connectivity index (χ3n) is 3.43. The van der Waals surface area contributed by atoms with Gasteiger partial charge in [0.2, 0.25) is 0 Å². The van der Waals surface area contributed by atoms with Gasteiger partial charge in [0, 0.05) is 23.9 Å². The van der Waals surface area contributed by atoms with Crippen LogP contribution in [-0.2, 0) is 12.8 Å². The van der Waals surface area contributed by atoms with E-state index in [0.29, 0.717) is 0 Å². The molecule has 20 heavy (non-hydrogen) atoms. The van der Waals surface area contributed by atoms with Crippen LogP contribution in [0.3, 0.4) is 0 Å². The van der Waals surface area contributed by atoms with Gasteiger partial charge in [0.05, 0.1) is 10.7 Å². The highest BCUT2D eigenvalue weighted by Gasteiger charge is 2.04. The van der Waals surface area contributed by atoms with Crippen LogP contribution in [0.15, 0.2) is 29.6 Å². The van der Waals surface area contributed by atoms with Crippen LogP contribution >= 0.6 is 11.3 Å². The molecule has 2 aromatic rings. The van der Waals surface area contributed by atoms with Crippen molar-refractivity contribution in [2.45, 2.75) is 39.5 Å². The predicted molar refractivity (Wildman–Crippen MR) is 88.4 cm³/mol. The van der Waals surface area contributed by atoms with Gasteiger partial charge >= 0.3 is 0 Å². The van der Waals surface area contributed by atoms with Gasteiger partial charge in [-0.2, -0.15) is 0 Å². The van der Waals surface area contributed by atoms with Crippen molar-refractivity contribution in [3.8, 4) is 11.3 Å². The number of aromatic nitrogens is 1. The molecule has 108 valence electrons. The Morgan fingerprint density at radius 1 is 1.10 bits per heavy atom. The molecule has 1 aromatic heterocycles. The first-order valence-electron chi connectivity index (χ1n) is 7.58. The Kier molecular flexibility index (Phi) is 6.22. The zero-order valence-corrected chi connectivity index (χ0v) is 13.3. The van der Waals surface area contributed by atoms with E-state index >= 15 is 0 Å². The Bertz CT molecular complexity index is 502. The Balaban J connectivity index is 1.87. The summed E-state index contributed by atoms with van der Waals surface area (Å²) >= 11 is 1.77. The summed E-state index contributed by atoms with van der Waals surface area (Å²) in [6.45, 7) is 6.55. The third-order valence-corrected chi connectivity index (χ3v) is 4.34. The number of benzene rings is 1. The van der Waals surface area contributed by atoms with E-state index in [1.165, 1.54) is 29.0 Å². The standard InChI is InChI=1S/C17H24N2S/c1-3-5-11-18-12-10-17-19-16(13-20-17)15-8-6-14(4-2)7-9-15/h6-9,13,18H,3-5,10-12H2,1-2H3. The molecule has 0 amide bonds. The number of hydrogen-bond acceptors (Lipinski definition) is 3. The zero-order valence-electron chi connectivity index (χ0n) is 12.5. The van der Waals surface area contributed by atoms with E-state index in [4.69, 9.17) is 4.98 Å². The first-order chi connectivity index (χ1) is 9.83. The molecule has 1 N–H and O–H groups in total. The maximum Gasteiger partial charge on any atom is 0.0945 e. The summed E-state index contributed by atoms with van der Waals surface area (Å²) in [6.07, 6.45) is 4.63. The summed E-state index contributed by atoms with van der Waals surface area (Å²) in [5.74, 6) is 0. The molecule has 1 heterocycles. The molecule has 3 heteroatoms. The van der Waals surface area contributed by atoms with Gasteiger partial charge in [0.25, 0.3) is 0 Å². The average Bonchev–Trinajstić information content (AvgIpc) is 2.96. The van der Waals surface area contributed by atoms with Crippen LogP contribution < -0.4 is 5.32 Å². The van der Waals surface area contributed by atoms with Crippen LogP contribution in [0.4, 0.5) is 0 Å².